The van der Waals surface area contributed by atoms with Crippen LogP contribution in [0.2, 0.25) is 0 Å². The SMILES string of the molecule is Cc1nc(C2CCCCC2)nc(N)c1Br. The summed E-state index contributed by atoms with van der Waals surface area (Å²) in [7, 11) is 0. The van der Waals surface area contributed by atoms with Gasteiger partial charge >= 0.3 is 0 Å². The molecule has 1 aliphatic carbocycles. The van der Waals surface area contributed by atoms with Crippen molar-refractivity contribution in [2.75, 3.05) is 5.73 Å². The Hall–Kier alpha value is -0.640. The lowest BCUT2D eigenvalue weighted by atomic mass is 9.88. The maximum Gasteiger partial charge on any atom is 0.141 e. The molecule has 82 valence electrons. The third-order valence-corrected chi connectivity index (χ3v) is 4.01. The van der Waals surface area contributed by atoms with Crippen molar-refractivity contribution in [3.05, 3.63) is 16.0 Å². The number of rotatable bonds is 1. The number of hydrogen-bond acceptors (Lipinski definition) is 3. The average Bonchev–Trinajstić information content (AvgIpc) is 2.26. The van der Waals surface area contributed by atoms with Gasteiger partial charge in [0.25, 0.3) is 0 Å². The molecule has 4 heteroatoms. The van der Waals surface area contributed by atoms with Crippen molar-refractivity contribution in [1.82, 2.24) is 9.97 Å². The molecule has 0 bridgehead atoms. The van der Waals surface area contributed by atoms with Gasteiger partial charge in [-0.15, -0.1) is 0 Å². The van der Waals surface area contributed by atoms with Crippen LogP contribution in [-0.4, -0.2) is 9.97 Å². The van der Waals surface area contributed by atoms with Crippen molar-refractivity contribution in [2.24, 2.45) is 0 Å². The second kappa shape index (κ2) is 4.47. The van der Waals surface area contributed by atoms with Crippen LogP contribution in [0.4, 0.5) is 5.82 Å². The second-order valence-electron chi connectivity index (χ2n) is 4.20. The molecule has 2 N–H and O–H groups in total. The molecule has 1 aromatic heterocycles. The molecule has 2 rings (SSSR count). The molecule has 1 fully saturated rings. The highest BCUT2D eigenvalue weighted by Gasteiger charge is 2.19. The molecule has 0 saturated heterocycles. The van der Waals surface area contributed by atoms with Crippen molar-refractivity contribution >= 4 is 21.7 Å². The van der Waals surface area contributed by atoms with Crippen LogP contribution in [0.5, 0.6) is 0 Å². The summed E-state index contributed by atoms with van der Waals surface area (Å²) in [5, 5.41) is 0. The van der Waals surface area contributed by atoms with E-state index in [2.05, 4.69) is 25.9 Å². The van der Waals surface area contributed by atoms with E-state index in [1.807, 2.05) is 6.92 Å². The lowest BCUT2D eigenvalue weighted by Gasteiger charge is -2.20. The highest BCUT2D eigenvalue weighted by molar-refractivity contribution is 9.10. The Bertz CT molecular complexity index is 336. The molecule has 1 aliphatic rings. The highest BCUT2D eigenvalue weighted by atomic mass is 79.9. The van der Waals surface area contributed by atoms with E-state index < -0.39 is 0 Å². The van der Waals surface area contributed by atoms with Crippen molar-refractivity contribution in [1.29, 1.82) is 0 Å². The predicted molar refractivity (Wildman–Crippen MR) is 64.7 cm³/mol. The first-order valence-corrected chi connectivity index (χ1v) is 6.27. The minimum atomic E-state index is 0.521. The molecule has 0 radical (unpaired) electrons. The van der Waals surface area contributed by atoms with Crippen LogP contribution in [0.15, 0.2) is 4.47 Å². The van der Waals surface area contributed by atoms with Crippen LogP contribution >= 0.6 is 15.9 Å². The molecule has 1 heterocycles. The zero-order valence-corrected chi connectivity index (χ0v) is 10.5. The molecule has 0 aliphatic heterocycles. The number of halogens is 1. The Kier molecular flexibility index (Phi) is 3.24. The van der Waals surface area contributed by atoms with Gasteiger partial charge in [-0.2, -0.15) is 0 Å². The van der Waals surface area contributed by atoms with Crippen LogP contribution in [0.25, 0.3) is 0 Å². The molecule has 15 heavy (non-hydrogen) atoms. The average molecular weight is 270 g/mol. The molecule has 1 aromatic rings. The van der Waals surface area contributed by atoms with Crippen molar-refractivity contribution < 1.29 is 0 Å². The molecule has 0 spiro atoms. The van der Waals surface area contributed by atoms with E-state index in [1.165, 1.54) is 32.1 Å². The summed E-state index contributed by atoms with van der Waals surface area (Å²) < 4.78 is 0.835. The van der Waals surface area contributed by atoms with Crippen molar-refractivity contribution in [2.45, 2.75) is 44.9 Å². The fraction of sp³-hybridized carbons (Fsp3) is 0.636. The van der Waals surface area contributed by atoms with E-state index in [-0.39, 0.29) is 0 Å². The lowest BCUT2D eigenvalue weighted by molar-refractivity contribution is 0.428. The van der Waals surface area contributed by atoms with Crippen LogP contribution < -0.4 is 5.73 Å². The van der Waals surface area contributed by atoms with Crippen LogP contribution in [0.3, 0.4) is 0 Å². The molecule has 0 atom stereocenters. The molecule has 0 amide bonds. The smallest absolute Gasteiger partial charge is 0.141 e. The maximum absolute atomic E-state index is 5.83. The Balaban J connectivity index is 2.27. The minimum absolute atomic E-state index is 0.521. The van der Waals surface area contributed by atoms with E-state index >= 15 is 0 Å². The molecular formula is C11H16BrN3. The summed E-state index contributed by atoms with van der Waals surface area (Å²) in [6.07, 6.45) is 6.36. The van der Waals surface area contributed by atoms with Crippen molar-refractivity contribution in [3.8, 4) is 0 Å². The molecule has 0 unspecified atom stereocenters. The van der Waals surface area contributed by atoms with Gasteiger partial charge in [0.2, 0.25) is 0 Å². The number of hydrogen-bond donors (Lipinski definition) is 1. The first-order chi connectivity index (χ1) is 7.18. The summed E-state index contributed by atoms with van der Waals surface area (Å²) in [5.41, 5.74) is 6.78. The molecular weight excluding hydrogens is 254 g/mol. The highest BCUT2D eigenvalue weighted by Crippen LogP contribution is 2.32. The summed E-state index contributed by atoms with van der Waals surface area (Å²) >= 11 is 3.39. The van der Waals surface area contributed by atoms with Gasteiger partial charge in [-0.1, -0.05) is 19.3 Å². The first-order valence-electron chi connectivity index (χ1n) is 5.48. The van der Waals surface area contributed by atoms with Gasteiger partial charge in [0, 0.05) is 5.92 Å². The van der Waals surface area contributed by atoms with E-state index in [0.717, 1.165) is 16.0 Å². The lowest BCUT2D eigenvalue weighted by Crippen LogP contribution is -2.11. The molecule has 1 saturated carbocycles. The normalized spacial score (nSPS) is 18.0. The third-order valence-electron chi connectivity index (χ3n) is 3.03. The summed E-state index contributed by atoms with van der Waals surface area (Å²) in [6, 6.07) is 0. The van der Waals surface area contributed by atoms with Gasteiger partial charge in [-0.3, -0.25) is 0 Å². The van der Waals surface area contributed by atoms with Gasteiger partial charge < -0.3 is 5.73 Å². The third kappa shape index (κ3) is 2.30. The predicted octanol–water partition coefficient (Wildman–Crippen LogP) is 3.18. The Morgan fingerprint density at radius 1 is 1.20 bits per heavy atom. The Morgan fingerprint density at radius 2 is 1.87 bits per heavy atom. The van der Waals surface area contributed by atoms with Gasteiger partial charge in [-0.25, -0.2) is 9.97 Å². The first kappa shape index (κ1) is 10.9. The summed E-state index contributed by atoms with van der Waals surface area (Å²) in [6.45, 7) is 1.97. The van der Waals surface area contributed by atoms with Crippen molar-refractivity contribution in [3.63, 3.8) is 0 Å². The Labute approximate surface area is 98.6 Å². The van der Waals surface area contributed by atoms with E-state index in [9.17, 15) is 0 Å². The van der Waals surface area contributed by atoms with Crippen LogP contribution in [-0.2, 0) is 0 Å². The maximum atomic E-state index is 5.83. The van der Waals surface area contributed by atoms with Gasteiger partial charge in [-0.05, 0) is 35.7 Å². The number of aryl methyl sites for hydroxylation is 1. The summed E-state index contributed by atoms with van der Waals surface area (Å²) in [4.78, 5) is 8.90. The van der Waals surface area contributed by atoms with Crippen LogP contribution in [0.1, 0.15) is 49.5 Å². The van der Waals surface area contributed by atoms with Gasteiger partial charge in [0.1, 0.15) is 11.6 Å². The number of aromatic nitrogens is 2. The zero-order valence-electron chi connectivity index (χ0n) is 8.96. The van der Waals surface area contributed by atoms with E-state index in [4.69, 9.17) is 5.73 Å². The largest absolute Gasteiger partial charge is 0.383 e. The number of nitrogen functional groups attached to an aromatic ring is 1. The van der Waals surface area contributed by atoms with E-state index in [1.54, 1.807) is 0 Å². The minimum Gasteiger partial charge on any atom is -0.383 e. The second-order valence-corrected chi connectivity index (χ2v) is 4.99. The summed E-state index contributed by atoms with van der Waals surface area (Å²) in [5.74, 6) is 2.03. The number of anilines is 1. The number of nitrogens with two attached hydrogens (primary N) is 1. The quantitative estimate of drug-likeness (QED) is 0.852. The topological polar surface area (TPSA) is 51.8 Å². The molecule has 0 aromatic carbocycles. The standard InChI is InChI=1S/C11H16BrN3/c1-7-9(12)10(13)15-11(14-7)8-5-3-2-4-6-8/h8H,2-6H2,1H3,(H2,13,14,15). The monoisotopic (exact) mass is 269 g/mol. The van der Waals surface area contributed by atoms with Gasteiger partial charge in [0.05, 0.1) is 10.2 Å². The molecule has 3 nitrogen and oxygen atoms in total. The van der Waals surface area contributed by atoms with E-state index in [0.29, 0.717) is 11.7 Å². The fourth-order valence-electron chi connectivity index (χ4n) is 2.15. The van der Waals surface area contributed by atoms with Gasteiger partial charge in [0.15, 0.2) is 0 Å². The number of nitrogens with zero attached hydrogens (tertiary/aromatic N) is 2. The Morgan fingerprint density at radius 3 is 2.47 bits per heavy atom. The zero-order chi connectivity index (χ0) is 10.8. The van der Waals surface area contributed by atoms with Crippen LogP contribution in [0, 0.1) is 6.92 Å². The fourth-order valence-corrected chi connectivity index (χ4v) is 2.32.